The number of carbonyl (C=O) groups excluding carboxylic acids is 3. The fraction of sp³-hybridized carbons (Fsp3) is 0.357. The van der Waals surface area contributed by atoms with Crippen LogP contribution in [-0.2, 0) is 16.1 Å². The maximum atomic E-state index is 13.7. The highest BCUT2D eigenvalue weighted by Gasteiger charge is 2.43. The van der Waals surface area contributed by atoms with Crippen LogP contribution in [0.1, 0.15) is 12.5 Å². The van der Waals surface area contributed by atoms with Gasteiger partial charge in [-0.1, -0.05) is 17.7 Å². The van der Waals surface area contributed by atoms with Crippen molar-refractivity contribution >= 4 is 29.4 Å². The zero-order valence-electron chi connectivity index (χ0n) is 12.2. The van der Waals surface area contributed by atoms with Crippen LogP contribution < -0.4 is 0 Å². The van der Waals surface area contributed by atoms with E-state index < -0.39 is 23.7 Å². The van der Waals surface area contributed by atoms with Gasteiger partial charge < -0.3 is 0 Å². The average molecular weight is 328 g/mol. The Morgan fingerprint density at radius 1 is 1.18 bits per heavy atom. The molecule has 1 aliphatic heterocycles. The van der Waals surface area contributed by atoms with Crippen molar-refractivity contribution in [2.45, 2.75) is 13.5 Å². The summed E-state index contributed by atoms with van der Waals surface area (Å²) in [4.78, 5) is 38.6. The van der Waals surface area contributed by atoms with Crippen LogP contribution in [0, 0.1) is 5.82 Å². The highest BCUT2D eigenvalue weighted by Crippen LogP contribution is 2.21. The monoisotopic (exact) mass is 327 g/mol. The Morgan fingerprint density at radius 2 is 1.82 bits per heavy atom. The van der Waals surface area contributed by atoms with Gasteiger partial charge in [-0.05, 0) is 26.1 Å². The Kier molecular flexibility index (Phi) is 4.77. The van der Waals surface area contributed by atoms with Gasteiger partial charge in [0.2, 0.25) is 0 Å². The normalized spacial score (nSPS) is 15.4. The molecule has 1 heterocycles. The van der Waals surface area contributed by atoms with Gasteiger partial charge in [-0.25, -0.2) is 14.1 Å². The molecule has 6 nitrogen and oxygen atoms in total. The fourth-order valence-corrected chi connectivity index (χ4v) is 2.42. The lowest BCUT2D eigenvalue weighted by molar-refractivity contribution is -0.143. The zero-order valence-corrected chi connectivity index (χ0v) is 12.9. The molecule has 1 fully saturated rings. The minimum Gasteiger partial charge on any atom is -0.284 e. The molecule has 0 spiro atoms. The van der Waals surface area contributed by atoms with Crippen LogP contribution in [0.2, 0.25) is 5.02 Å². The molecule has 0 aliphatic carbocycles. The quantitative estimate of drug-likeness (QED) is 0.610. The number of imide groups is 2. The minimum atomic E-state index is -0.877. The summed E-state index contributed by atoms with van der Waals surface area (Å²) < 4.78 is 13.7. The van der Waals surface area contributed by atoms with Gasteiger partial charge in [-0.2, -0.15) is 0 Å². The first kappa shape index (κ1) is 16.4. The van der Waals surface area contributed by atoms with Crippen LogP contribution in [0.3, 0.4) is 0 Å². The first-order chi connectivity index (χ1) is 10.4. The zero-order chi connectivity index (χ0) is 16.4. The Hall–Kier alpha value is -1.99. The molecule has 2 rings (SSSR count). The standard InChI is InChI=1S/C14H15ClFN3O3/c1-3-18-12(20)13(21)19(14(18)22)8-17(2)7-9-10(15)5-4-6-11(9)16/h4-6H,3,7-8H2,1-2H3. The van der Waals surface area contributed by atoms with Gasteiger partial charge in [0.15, 0.2) is 0 Å². The van der Waals surface area contributed by atoms with Gasteiger partial charge >= 0.3 is 17.8 Å². The molecule has 0 aromatic heterocycles. The maximum absolute atomic E-state index is 13.7. The molecule has 1 aliphatic rings. The summed E-state index contributed by atoms with van der Waals surface area (Å²) in [5, 5.41) is 0.261. The Morgan fingerprint density at radius 3 is 2.36 bits per heavy atom. The number of hydrogen-bond acceptors (Lipinski definition) is 4. The Bertz CT molecular complexity index is 618. The highest BCUT2D eigenvalue weighted by atomic mass is 35.5. The van der Waals surface area contributed by atoms with Gasteiger partial charge in [0.1, 0.15) is 5.82 Å². The molecule has 0 radical (unpaired) electrons. The van der Waals surface area contributed by atoms with Crippen molar-refractivity contribution in [2.75, 3.05) is 20.3 Å². The summed E-state index contributed by atoms with van der Waals surface area (Å²) in [5.74, 6) is -2.19. The van der Waals surface area contributed by atoms with Crippen LogP contribution in [0.25, 0.3) is 0 Å². The second-order valence-electron chi connectivity index (χ2n) is 4.92. The molecule has 0 atom stereocenters. The topological polar surface area (TPSA) is 60.9 Å². The van der Waals surface area contributed by atoms with Crippen molar-refractivity contribution < 1.29 is 18.8 Å². The average Bonchev–Trinajstić information content (AvgIpc) is 2.67. The summed E-state index contributed by atoms with van der Waals surface area (Å²) in [5.41, 5.74) is 0.268. The van der Waals surface area contributed by atoms with Crippen LogP contribution >= 0.6 is 11.6 Å². The molecule has 0 bridgehead atoms. The summed E-state index contributed by atoms with van der Waals surface area (Å²) in [6, 6.07) is 3.67. The third-order valence-corrected chi connectivity index (χ3v) is 3.68. The molecule has 1 aromatic rings. The third kappa shape index (κ3) is 2.95. The van der Waals surface area contributed by atoms with Crippen molar-refractivity contribution in [3.05, 3.63) is 34.6 Å². The van der Waals surface area contributed by atoms with E-state index in [0.29, 0.717) is 0 Å². The van der Waals surface area contributed by atoms with Crippen LogP contribution in [0.5, 0.6) is 0 Å². The van der Waals surface area contributed by atoms with E-state index in [1.165, 1.54) is 17.0 Å². The van der Waals surface area contributed by atoms with Crippen LogP contribution in [-0.4, -0.2) is 52.8 Å². The van der Waals surface area contributed by atoms with E-state index in [0.717, 1.165) is 9.80 Å². The number of amides is 4. The minimum absolute atomic E-state index is 0.100. The summed E-state index contributed by atoms with van der Waals surface area (Å²) in [7, 11) is 1.60. The molecule has 0 N–H and O–H groups in total. The molecule has 4 amide bonds. The SMILES string of the molecule is CCN1C(=O)C(=O)N(CN(C)Cc2c(F)cccc2Cl)C1=O. The van der Waals surface area contributed by atoms with E-state index in [4.69, 9.17) is 11.6 Å². The molecular formula is C14H15ClFN3O3. The predicted octanol–water partition coefficient (Wildman–Crippen LogP) is 1.68. The Balaban J connectivity index is 2.09. The van der Waals surface area contributed by atoms with E-state index in [1.54, 1.807) is 20.0 Å². The van der Waals surface area contributed by atoms with Crippen molar-refractivity contribution in [2.24, 2.45) is 0 Å². The first-order valence-electron chi connectivity index (χ1n) is 6.65. The number of halogens is 2. The molecule has 0 unspecified atom stereocenters. The maximum Gasteiger partial charge on any atom is 0.335 e. The molecule has 1 aromatic carbocycles. The van der Waals surface area contributed by atoms with Crippen LogP contribution in [0.15, 0.2) is 18.2 Å². The van der Waals surface area contributed by atoms with Gasteiger partial charge in [0.25, 0.3) is 0 Å². The van der Waals surface area contributed by atoms with Gasteiger partial charge in [0, 0.05) is 23.7 Å². The molecular weight excluding hydrogens is 313 g/mol. The van der Waals surface area contributed by atoms with E-state index in [2.05, 4.69) is 0 Å². The number of benzene rings is 1. The van der Waals surface area contributed by atoms with Gasteiger partial charge in [-0.3, -0.25) is 19.4 Å². The van der Waals surface area contributed by atoms with Crippen molar-refractivity contribution in [1.82, 2.24) is 14.7 Å². The van der Waals surface area contributed by atoms with E-state index >= 15 is 0 Å². The van der Waals surface area contributed by atoms with Crippen molar-refractivity contribution in [3.8, 4) is 0 Å². The number of carbonyl (C=O) groups is 3. The number of likely N-dealkylation sites (N-methyl/N-ethyl adjacent to an activating group) is 1. The summed E-state index contributed by atoms with van der Waals surface area (Å²) in [6.07, 6.45) is 0. The second kappa shape index (κ2) is 6.41. The third-order valence-electron chi connectivity index (χ3n) is 3.32. The molecule has 0 saturated carbocycles. The molecule has 1 saturated heterocycles. The van der Waals surface area contributed by atoms with Crippen LogP contribution in [0.4, 0.5) is 9.18 Å². The second-order valence-corrected chi connectivity index (χ2v) is 5.33. The van der Waals surface area contributed by atoms with E-state index in [9.17, 15) is 18.8 Å². The molecule has 22 heavy (non-hydrogen) atoms. The van der Waals surface area contributed by atoms with Gasteiger partial charge in [-0.15, -0.1) is 0 Å². The summed E-state index contributed by atoms with van der Waals surface area (Å²) in [6.45, 7) is 1.71. The fourth-order valence-electron chi connectivity index (χ4n) is 2.20. The largest absolute Gasteiger partial charge is 0.335 e. The van der Waals surface area contributed by atoms with Crippen molar-refractivity contribution in [3.63, 3.8) is 0 Å². The number of rotatable bonds is 5. The Labute approximate surface area is 132 Å². The number of nitrogens with zero attached hydrogens (tertiary/aromatic N) is 3. The molecule has 8 heteroatoms. The lowest BCUT2D eigenvalue weighted by Gasteiger charge is -2.22. The predicted molar refractivity (Wildman–Crippen MR) is 77.4 cm³/mol. The van der Waals surface area contributed by atoms with E-state index in [-0.39, 0.29) is 30.3 Å². The molecule has 118 valence electrons. The van der Waals surface area contributed by atoms with Gasteiger partial charge in [0.05, 0.1) is 6.67 Å². The smallest absolute Gasteiger partial charge is 0.284 e. The van der Waals surface area contributed by atoms with E-state index in [1.807, 2.05) is 0 Å². The number of hydrogen-bond donors (Lipinski definition) is 0. The highest BCUT2D eigenvalue weighted by molar-refractivity contribution is 6.44. The number of urea groups is 1. The lowest BCUT2D eigenvalue weighted by atomic mass is 10.2. The van der Waals surface area contributed by atoms with Crippen molar-refractivity contribution in [1.29, 1.82) is 0 Å². The lowest BCUT2D eigenvalue weighted by Crippen LogP contribution is -2.40. The first-order valence-corrected chi connectivity index (χ1v) is 7.03. The summed E-state index contributed by atoms with van der Waals surface area (Å²) >= 11 is 5.94.